The predicted molar refractivity (Wildman–Crippen MR) is 85.0 cm³/mol. The highest BCUT2D eigenvalue weighted by Gasteiger charge is 2.26. The van der Waals surface area contributed by atoms with E-state index in [1.807, 2.05) is 45.0 Å². The number of hydrogen-bond acceptors (Lipinski definition) is 3. The fourth-order valence-corrected chi connectivity index (χ4v) is 2.38. The monoisotopic (exact) mass is 307 g/mol. The van der Waals surface area contributed by atoms with Gasteiger partial charge in [0.1, 0.15) is 11.8 Å². The summed E-state index contributed by atoms with van der Waals surface area (Å²) in [7, 11) is 1.59. The van der Waals surface area contributed by atoms with Crippen LogP contribution in [0.4, 0.5) is 0 Å². The fourth-order valence-electron chi connectivity index (χ4n) is 2.38. The third-order valence-corrected chi connectivity index (χ3v) is 3.96. The highest BCUT2D eigenvalue weighted by atomic mass is 16.5. The summed E-state index contributed by atoms with van der Waals surface area (Å²) >= 11 is 0. The van der Waals surface area contributed by atoms with Crippen molar-refractivity contribution >= 4 is 11.9 Å². The second-order valence-electron chi connectivity index (χ2n) is 5.62. The first-order chi connectivity index (χ1) is 10.4. The van der Waals surface area contributed by atoms with Gasteiger partial charge in [0.05, 0.1) is 7.11 Å². The van der Waals surface area contributed by atoms with Crippen LogP contribution in [0.15, 0.2) is 24.3 Å². The van der Waals surface area contributed by atoms with E-state index in [4.69, 9.17) is 4.74 Å². The molecule has 5 nitrogen and oxygen atoms in total. The normalized spacial score (nSPS) is 14.7. The number of para-hydroxylation sites is 1. The Bertz CT molecular complexity index is 515. The van der Waals surface area contributed by atoms with Crippen LogP contribution in [0.5, 0.6) is 5.75 Å². The van der Waals surface area contributed by atoms with Crippen LogP contribution in [0.2, 0.25) is 0 Å². The quantitative estimate of drug-likeness (QED) is 0.774. The highest BCUT2D eigenvalue weighted by Crippen LogP contribution is 2.28. The van der Waals surface area contributed by atoms with Crippen molar-refractivity contribution < 1.29 is 19.4 Å². The summed E-state index contributed by atoms with van der Waals surface area (Å²) in [6.45, 7) is 5.66. The van der Waals surface area contributed by atoms with Gasteiger partial charge in [-0.15, -0.1) is 0 Å². The molecule has 1 aromatic carbocycles. The van der Waals surface area contributed by atoms with Crippen LogP contribution < -0.4 is 10.1 Å². The lowest BCUT2D eigenvalue weighted by Crippen LogP contribution is -2.45. The first-order valence-corrected chi connectivity index (χ1v) is 7.55. The fraction of sp³-hybridized carbons (Fsp3) is 0.529. The molecular formula is C17H25NO4. The number of rotatable bonds is 8. The van der Waals surface area contributed by atoms with E-state index in [2.05, 4.69) is 5.32 Å². The van der Waals surface area contributed by atoms with Gasteiger partial charge in [-0.05, 0) is 23.5 Å². The molecule has 3 atom stereocenters. The highest BCUT2D eigenvalue weighted by molar-refractivity contribution is 5.84. The number of ether oxygens (including phenoxy) is 1. The zero-order chi connectivity index (χ0) is 16.7. The van der Waals surface area contributed by atoms with Gasteiger partial charge in [-0.1, -0.05) is 45.4 Å². The molecule has 122 valence electrons. The van der Waals surface area contributed by atoms with Crippen molar-refractivity contribution in [3.05, 3.63) is 29.8 Å². The standard InChI is InChI=1S/C17H25NO4/c1-5-11(2)16(17(20)21)18-15(19)10-12(3)13-8-6-7-9-14(13)22-4/h6-9,11-12,16H,5,10H2,1-4H3,(H,18,19)(H,20,21)/t11-,12?,16-/m0/s1. The van der Waals surface area contributed by atoms with E-state index in [9.17, 15) is 14.7 Å². The molecule has 0 bridgehead atoms. The first kappa shape index (κ1) is 18.0. The Morgan fingerprint density at radius 1 is 1.27 bits per heavy atom. The van der Waals surface area contributed by atoms with Gasteiger partial charge in [0.15, 0.2) is 0 Å². The van der Waals surface area contributed by atoms with Crippen molar-refractivity contribution in [3.8, 4) is 5.75 Å². The number of carboxylic acids is 1. The van der Waals surface area contributed by atoms with Crippen molar-refractivity contribution in [2.24, 2.45) is 5.92 Å². The molecule has 5 heteroatoms. The van der Waals surface area contributed by atoms with Crippen LogP contribution >= 0.6 is 0 Å². The zero-order valence-electron chi connectivity index (χ0n) is 13.6. The number of aliphatic carboxylic acids is 1. The Kier molecular flexibility index (Phi) is 6.89. The number of nitrogens with one attached hydrogen (secondary N) is 1. The lowest BCUT2D eigenvalue weighted by atomic mass is 9.95. The molecule has 1 unspecified atom stereocenters. The Morgan fingerprint density at radius 3 is 2.45 bits per heavy atom. The molecule has 0 saturated heterocycles. The van der Waals surface area contributed by atoms with Gasteiger partial charge < -0.3 is 15.2 Å². The minimum Gasteiger partial charge on any atom is -0.496 e. The number of methoxy groups -OCH3 is 1. The number of carboxylic acid groups (broad SMARTS) is 1. The van der Waals surface area contributed by atoms with Gasteiger partial charge in [-0.3, -0.25) is 4.79 Å². The summed E-state index contributed by atoms with van der Waals surface area (Å²) in [5.41, 5.74) is 0.940. The summed E-state index contributed by atoms with van der Waals surface area (Å²) < 4.78 is 5.30. The largest absolute Gasteiger partial charge is 0.496 e. The Morgan fingerprint density at radius 2 is 1.91 bits per heavy atom. The minimum absolute atomic E-state index is 0.0532. The van der Waals surface area contributed by atoms with Crippen LogP contribution in [0.25, 0.3) is 0 Å². The maximum absolute atomic E-state index is 12.1. The molecular weight excluding hydrogens is 282 g/mol. The SMILES string of the molecule is CC[C@H](C)[C@H](NC(=O)CC(C)c1ccccc1OC)C(=O)O. The van der Waals surface area contributed by atoms with Gasteiger partial charge >= 0.3 is 5.97 Å². The van der Waals surface area contributed by atoms with Crippen molar-refractivity contribution in [3.63, 3.8) is 0 Å². The Balaban J connectivity index is 2.73. The van der Waals surface area contributed by atoms with Gasteiger partial charge in [0, 0.05) is 6.42 Å². The number of carbonyl (C=O) groups is 2. The van der Waals surface area contributed by atoms with E-state index in [1.165, 1.54) is 0 Å². The van der Waals surface area contributed by atoms with Gasteiger partial charge in [0.2, 0.25) is 5.91 Å². The molecule has 0 saturated carbocycles. The summed E-state index contributed by atoms with van der Waals surface area (Å²) in [5.74, 6) is -0.677. The molecule has 0 aliphatic carbocycles. The molecule has 1 amide bonds. The summed E-state index contributed by atoms with van der Waals surface area (Å²) in [4.78, 5) is 23.4. The lowest BCUT2D eigenvalue weighted by molar-refractivity contribution is -0.143. The number of benzene rings is 1. The topological polar surface area (TPSA) is 75.6 Å². The van der Waals surface area contributed by atoms with Gasteiger partial charge in [-0.2, -0.15) is 0 Å². The molecule has 22 heavy (non-hydrogen) atoms. The molecule has 0 spiro atoms. The minimum atomic E-state index is -0.993. The Hall–Kier alpha value is -2.04. The predicted octanol–water partition coefficient (Wildman–Crippen LogP) is 2.80. The molecule has 1 rings (SSSR count). The van der Waals surface area contributed by atoms with Crippen LogP contribution in [-0.4, -0.2) is 30.1 Å². The van der Waals surface area contributed by atoms with E-state index < -0.39 is 12.0 Å². The first-order valence-electron chi connectivity index (χ1n) is 7.55. The van der Waals surface area contributed by atoms with E-state index >= 15 is 0 Å². The number of amides is 1. The van der Waals surface area contributed by atoms with E-state index in [1.54, 1.807) is 7.11 Å². The zero-order valence-corrected chi connectivity index (χ0v) is 13.6. The van der Waals surface area contributed by atoms with E-state index in [0.29, 0.717) is 6.42 Å². The van der Waals surface area contributed by atoms with Crippen LogP contribution in [0.1, 0.15) is 45.1 Å². The molecule has 0 radical (unpaired) electrons. The summed E-state index contributed by atoms with van der Waals surface area (Å²) in [5, 5.41) is 11.8. The Labute approximate surface area is 131 Å². The van der Waals surface area contributed by atoms with Crippen LogP contribution in [0, 0.1) is 5.92 Å². The van der Waals surface area contributed by atoms with Gasteiger partial charge in [-0.25, -0.2) is 4.79 Å². The van der Waals surface area contributed by atoms with Crippen molar-refractivity contribution in [2.75, 3.05) is 7.11 Å². The summed E-state index contributed by atoms with van der Waals surface area (Å²) in [6.07, 6.45) is 0.917. The molecule has 1 aromatic rings. The molecule has 0 aliphatic heterocycles. The molecule has 0 aromatic heterocycles. The maximum atomic E-state index is 12.1. The third-order valence-electron chi connectivity index (χ3n) is 3.96. The smallest absolute Gasteiger partial charge is 0.326 e. The molecule has 0 aliphatic rings. The van der Waals surface area contributed by atoms with Crippen molar-refractivity contribution in [2.45, 2.75) is 45.6 Å². The van der Waals surface area contributed by atoms with E-state index in [-0.39, 0.29) is 24.2 Å². The average Bonchev–Trinajstić information content (AvgIpc) is 2.51. The average molecular weight is 307 g/mol. The maximum Gasteiger partial charge on any atom is 0.326 e. The molecule has 2 N–H and O–H groups in total. The second kappa shape index (κ2) is 8.41. The van der Waals surface area contributed by atoms with Crippen LogP contribution in [0.3, 0.4) is 0 Å². The van der Waals surface area contributed by atoms with Crippen LogP contribution in [-0.2, 0) is 9.59 Å². The molecule has 0 fully saturated rings. The second-order valence-corrected chi connectivity index (χ2v) is 5.62. The van der Waals surface area contributed by atoms with Gasteiger partial charge in [0.25, 0.3) is 0 Å². The molecule has 0 heterocycles. The lowest BCUT2D eigenvalue weighted by Gasteiger charge is -2.21. The number of carbonyl (C=O) groups excluding carboxylic acids is 1. The summed E-state index contributed by atoms with van der Waals surface area (Å²) in [6, 6.07) is 6.69. The number of hydrogen-bond donors (Lipinski definition) is 2. The van der Waals surface area contributed by atoms with Crippen molar-refractivity contribution in [1.29, 1.82) is 0 Å². The van der Waals surface area contributed by atoms with Crippen molar-refractivity contribution in [1.82, 2.24) is 5.32 Å². The van der Waals surface area contributed by atoms with E-state index in [0.717, 1.165) is 11.3 Å². The third kappa shape index (κ3) is 4.76.